The third kappa shape index (κ3) is 4.49. The van der Waals surface area contributed by atoms with Gasteiger partial charge in [0.05, 0.1) is 5.69 Å². The van der Waals surface area contributed by atoms with Crippen LogP contribution in [0.2, 0.25) is 5.02 Å². The van der Waals surface area contributed by atoms with E-state index < -0.39 is 0 Å². The molecule has 2 amide bonds. The first-order valence-corrected chi connectivity index (χ1v) is 8.27. The van der Waals surface area contributed by atoms with E-state index in [1.54, 1.807) is 0 Å². The molecule has 0 aliphatic heterocycles. The van der Waals surface area contributed by atoms with E-state index in [4.69, 9.17) is 11.6 Å². The predicted octanol–water partition coefficient (Wildman–Crippen LogP) is 3.07. The molecule has 6 heteroatoms. The summed E-state index contributed by atoms with van der Waals surface area (Å²) in [4.78, 5) is 16.3. The van der Waals surface area contributed by atoms with Crippen LogP contribution in [0.4, 0.5) is 4.79 Å². The first-order chi connectivity index (χ1) is 11.7. The van der Waals surface area contributed by atoms with Gasteiger partial charge in [-0.3, -0.25) is 0 Å². The number of pyridine rings is 1. The van der Waals surface area contributed by atoms with E-state index in [1.807, 2.05) is 59.3 Å². The molecular weight excluding hydrogens is 324 g/mol. The molecule has 3 rings (SSSR count). The zero-order valence-electron chi connectivity index (χ0n) is 13.2. The van der Waals surface area contributed by atoms with Crippen LogP contribution in [0.1, 0.15) is 11.3 Å². The number of imidazole rings is 1. The zero-order chi connectivity index (χ0) is 16.8. The maximum atomic E-state index is 11.8. The lowest BCUT2D eigenvalue weighted by atomic mass is 10.1. The number of carbonyl (C=O) groups excluding carboxylic acids is 1. The Morgan fingerprint density at radius 1 is 1.08 bits per heavy atom. The Balaban J connectivity index is 1.38. The van der Waals surface area contributed by atoms with Crippen LogP contribution in [0, 0.1) is 0 Å². The van der Waals surface area contributed by atoms with Crippen LogP contribution in [0.3, 0.4) is 0 Å². The Labute approximate surface area is 145 Å². The number of benzene rings is 1. The number of halogens is 1. The van der Waals surface area contributed by atoms with Gasteiger partial charge in [-0.05, 0) is 36.2 Å². The second-order valence-electron chi connectivity index (χ2n) is 5.51. The highest BCUT2D eigenvalue weighted by Crippen LogP contribution is 2.10. The van der Waals surface area contributed by atoms with Crippen molar-refractivity contribution in [1.82, 2.24) is 20.0 Å². The molecule has 0 aliphatic rings. The third-order valence-electron chi connectivity index (χ3n) is 3.67. The highest BCUT2D eigenvalue weighted by atomic mass is 35.5. The number of nitrogens with one attached hydrogen (secondary N) is 2. The van der Waals surface area contributed by atoms with Crippen LogP contribution < -0.4 is 10.6 Å². The molecule has 0 aliphatic carbocycles. The van der Waals surface area contributed by atoms with Gasteiger partial charge in [0.15, 0.2) is 0 Å². The van der Waals surface area contributed by atoms with Crippen LogP contribution in [-0.2, 0) is 12.8 Å². The maximum absolute atomic E-state index is 11.8. The number of hydrogen-bond acceptors (Lipinski definition) is 2. The molecule has 0 atom stereocenters. The van der Waals surface area contributed by atoms with E-state index in [0.717, 1.165) is 23.3 Å². The summed E-state index contributed by atoms with van der Waals surface area (Å²) in [6, 6.07) is 13.4. The molecule has 0 fully saturated rings. The Kier molecular flexibility index (Phi) is 5.33. The fraction of sp³-hybridized carbons (Fsp3) is 0.222. The smallest absolute Gasteiger partial charge is 0.314 e. The van der Waals surface area contributed by atoms with Crippen molar-refractivity contribution in [3.8, 4) is 0 Å². The molecule has 24 heavy (non-hydrogen) atoms. The van der Waals surface area contributed by atoms with Crippen LogP contribution >= 0.6 is 11.6 Å². The average Bonchev–Trinajstić information content (AvgIpc) is 2.97. The van der Waals surface area contributed by atoms with Crippen molar-refractivity contribution >= 4 is 23.3 Å². The van der Waals surface area contributed by atoms with Gasteiger partial charge in [-0.1, -0.05) is 29.8 Å². The van der Waals surface area contributed by atoms with Gasteiger partial charge >= 0.3 is 6.03 Å². The quantitative estimate of drug-likeness (QED) is 0.723. The maximum Gasteiger partial charge on any atom is 0.314 e. The van der Waals surface area contributed by atoms with Crippen LogP contribution in [0.15, 0.2) is 54.9 Å². The lowest BCUT2D eigenvalue weighted by Crippen LogP contribution is -2.37. The van der Waals surface area contributed by atoms with E-state index in [-0.39, 0.29) is 6.03 Å². The van der Waals surface area contributed by atoms with E-state index in [1.165, 1.54) is 0 Å². The van der Waals surface area contributed by atoms with Crippen molar-refractivity contribution in [3.05, 3.63) is 71.1 Å². The second kappa shape index (κ2) is 7.84. The van der Waals surface area contributed by atoms with Gasteiger partial charge in [-0.25, -0.2) is 9.78 Å². The largest absolute Gasteiger partial charge is 0.338 e. The van der Waals surface area contributed by atoms with Crippen LogP contribution in [0.5, 0.6) is 0 Å². The standard InChI is InChI=1S/C18H19ClN4O/c19-15-5-3-4-14(12-15)7-9-20-18(24)21-10-8-16-13-23-11-2-1-6-17(23)22-16/h1-6,11-13H,7-10H2,(H2,20,21,24). The van der Waals surface area contributed by atoms with Crippen molar-refractivity contribution in [1.29, 1.82) is 0 Å². The van der Waals surface area contributed by atoms with Gasteiger partial charge in [0.25, 0.3) is 0 Å². The molecule has 3 aromatic rings. The number of carbonyl (C=O) groups is 1. The third-order valence-corrected chi connectivity index (χ3v) is 3.90. The minimum Gasteiger partial charge on any atom is -0.338 e. The van der Waals surface area contributed by atoms with Crippen molar-refractivity contribution in [2.75, 3.05) is 13.1 Å². The summed E-state index contributed by atoms with van der Waals surface area (Å²) in [5.41, 5.74) is 2.98. The van der Waals surface area contributed by atoms with Crippen molar-refractivity contribution < 1.29 is 4.79 Å². The molecule has 0 radical (unpaired) electrons. The molecule has 2 heterocycles. The monoisotopic (exact) mass is 342 g/mol. The molecule has 1 aromatic carbocycles. The van der Waals surface area contributed by atoms with Crippen molar-refractivity contribution in [3.63, 3.8) is 0 Å². The van der Waals surface area contributed by atoms with Crippen LogP contribution in [-0.4, -0.2) is 28.5 Å². The lowest BCUT2D eigenvalue weighted by molar-refractivity contribution is 0.241. The Morgan fingerprint density at radius 2 is 1.92 bits per heavy atom. The summed E-state index contributed by atoms with van der Waals surface area (Å²) in [7, 11) is 0. The fourth-order valence-electron chi connectivity index (χ4n) is 2.49. The molecule has 0 spiro atoms. The predicted molar refractivity (Wildman–Crippen MR) is 95.5 cm³/mol. The Morgan fingerprint density at radius 3 is 2.71 bits per heavy atom. The summed E-state index contributed by atoms with van der Waals surface area (Å²) in [5, 5.41) is 6.40. The molecule has 0 saturated heterocycles. The average molecular weight is 343 g/mol. The molecule has 5 nitrogen and oxygen atoms in total. The number of aromatic nitrogens is 2. The molecule has 124 valence electrons. The topological polar surface area (TPSA) is 58.4 Å². The van der Waals surface area contributed by atoms with E-state index in [2.05, 4.69) is 15.6 Å². The summed E-state index contributed by atoms with van der Waals surface area (Å²) in [6.45, 7) is 1.12. The summed E-state index contributed by atoms with van der Waals surface area (Å²) >= 11 is 5.94. The normalized spacial score (nSPS) is 10.7. The SMILES string of the molecule is O=C(NCCc1cccc(Cl)c1)NCCc1cn2ccccc2n1. The number of urea groups is 1. The van der Waals surface area contributed by atoms with Crippen molar-refractivity contribution in [2.24, 2.45) is 0 Å². The number of amides is 2. The van der Waals surface area contributed by atoms with Gasteiger partial charge in [-0.2, -0.15) is 0 Å². The van der Waals surface area contributed by atoms with Gasteiger partial charge < -0.3 is 15.0 Å². The first kappa shape index (κ1) is 16.3. The lowest BCUT2D eigenvalue weighted by Gasteiger charge is -2.07. The molecule has 0 unspecified atom stereocenters. The molecule has 2 N–H and O–H groups in total. The van der Waals surface area contributed by atoms with E-state index >= 15 is 0 Å². The second-order valence-corrected chi connectivity index (χ2v) is 5.95. The number of fused-ring (bicyclic) bond motifs is 1. The Bertz CT molecular complexity index is 798. The van der Waals surface area contributed by atoms with Crippen molar-refractivity contribution in [2.45, 2.75) is 12.8 Å². The summed E-state index contributed by atoms with van der Waals surface area (Å²) in [6.07, 6.45) is 5.39. The molecule has 0 bridgehead atoms. The number of hydrogen-bond donors (Lipinski definition) is 2. The number of rotatable bonds is 6. The molecule has 2 aromatic heterocycles. The molecular formula is C18H19ClN4O. The van der Waals surface area contributed by atoms with E-state index in [9.17, 15) is 4.79 Å². The Hall–Kier alpha value is -2.53. The summed E-state index contributed by atoms with van der Waals surface area (Å²) in [5.74, 6) is 0. The van der Waals surface area contributed by atoms with Gasteiger partial charge in [0, 0.05) is 36.9 Å². The highest BCUT2D eigenvalue weighted by molar-refractivity contribution is 6.30. The summed E-state index contributed by atoms with van der Waals surface area (Å²) < 4.78 is 1.97. The minimum atomic E-state index is -0.166. The van der Waals surface area contributed by atoms with Gasteiger partial charge in [-0.15, -0.1) is 0 Å². The zero-order valence-corrected chi connectivity index (χ0v) is 14.0. The fourth-order valence-corrected chi connectivity index (χ4v) is 2.70. The van der Waals surface area contributed by atoms with Crippen LogP contribution in [0.25, 0.3) is 5.65 Å². The van der Waals surface area contributed by atoms with Gasteiger partial charge in [0.1, 0.15) is 5.65 Å². The highest BCUT2D eigenvalue weighted by Gasteiger charge is 2.03. The van der Waals surface area contributed by atoms with Gasteiger partial charge in [0.2, 0.25) is 0 Å². The molecule has 0 saturated carbocycles. The first-order valence-electron chi connectivity index (χ1n) is 7.89. The minimum absolute atomic E-state index is 0.166. The van der Waals surface area contributed by atoms with E-state index in [0.29, 0.717) is 24.5 Å². The number of nitrogens with zero attached hydrogens (tertiary/aromatic N) is 2.